The Balaban J connectivity index is 1.66. The molecule has 3 N–H and O–H groups in total. The highest BCUT2D eigenvalue weighted by molar-refractivity contribution is 5.80. The zero-order valence-electron chi connectivity index (χ0n) is 12.0. The summed E-state index contributed by atoms with van der Waals surface area (Å²) in [6.07, 6.45) is 9.33. The maximum Gasteiger partial charge on any atom is 0.244 e. The Morgan fingerprint density at radius 1 is 1.40 bits per heavy atom. The van der Waals surface area contributed by atoms with Crippen molar-refractivity contribution in [1.82, 2.24) is 15.1 Å². The van der Waals surface area contributed by atoms with Gasteiger partial charge in [-0.25, -0.2) is 0 Å². The number of hydrogen-bond acceptors (Lipinski definition) is 3. The molecule has 3 atom stereocenters. The summed E-state index contributed by atoms with van der Waals surface area (Å²) in [5, 5.41) is 7.42. The number of hydrogen-bond donors (Lipinski definition) is 2. The van der Waals surface area contributed by atoms with E-state index in [0.29, 0.717) is 23.9 Å². The summed E-state index contributed by atoms with van der Waals surface area (Å²) in [7, 11) is 0. The molecule has 3 unspecified atom stereocenters. The van der Waals surface area contributed by atoms with Crippen LogP contribution in [0, 0.1) is 11.8 Å². The second kappa shape index (κ2) is 5.56. The first kappa shape index (κ1) is 13.6. The second-order valence-corrected chi connectivity index (χ2v) is 6.38. The van der Waals surface area contributed by atoms with Crippen LogP contribution in [0.15, 0.2) is 18.5 Å². The molecule has 5 nitrogen and oxygen atoms in total. The Hall–Kier alpha value is -1.36. The lowest BCUT2D eigenvalue weighted by atomic mass is 9.67. The molecular formula is C15H24N4O. The number of nitrogens with zero attached hydrogens (tertiary/aromatic N) is 2. The third-order valence-electron chi connectivity index (χ3n) is 4.99. The number of carbonyl (C=O) groups excluding carboxylic acids is 1. The van der Waals surface area contributed by atoms with Gasteiger partial charge in [-0.05, 0) is 50.5 Å². The van der Waals surface area contributed by atoms with Crippen molar-refractivity contribution < 1.29 is 4.79 Å². The van der Waals surface area contributed by atoms with Gasteiger partial charge in [-0.2, -0.15) is 5.10 Å². The van der Waals surface area contributed by atoms with E-state index in [-0.39, 0.29) is 11.9 Å². The molecule has 2 aliphatic carbocycles. The summed E-state index contributed by atoms with van der Waals surface area (Å²) in [4.78, 5) is 12.4. The molecule has 5 heteroatoms. The minimum absolute atomic E-state index is 0.0751. The molecule has 0 radical (unpaired) electrons. The largest absolute Gasteiger partial charge is 0.351 e. The van der Waals surface area contributed by atoms with Crippen LogP contribution < -0.4 is 11.1 Å². The van der Waals surface area contributed by atoms with Crippen LogP contribution >= 0.6 is 0 Å². The Labute approximate surface area is 119 Å². The molecule has 20 heavy (non-hydrogen) atoms. The van der Waals surface area contributed by atoms with Crippen LogP contribution in [-0.4, -0.2) is 27.8 Å². The number of aromatic nitrogens is 2. The van der Waals surface area contributed by atoms with E-state index >= 15 is 0 Å². The molecule has 2 fully saturated rings. The van der Waals surface area contributed by atoms with E-state index < -0.39 is 0 Å². The van der Waals surface area contributed by atoms with E-state index in [9.17, 15) is 4.79 Å². The lowest BCUT2D eigenvalue weighted by Crippen LogP contribution is -2.54. The molecule has 1 amide bonds. The predicted octanol–water partition coefficient (Wildman–Crippen LogP) is 1.47. The minimum Gasteiger partial charge on any atom is -0.351 e. The van der Waals surface area contributed by atoms with Crippen LogP contribution in [0.3, 0.4) is 0 Å². The molecule has 1 aromatic heterocycles. The van der Waals surface area contributed by atoms with Crippen molar-refractivity contribution in [2.45, 2.75) is 57.2 Å². The molecule has 0 spiro atoms. The number of amides is 1. The molecule has 1 heterocycles. The lowest BCUT2D eigenvalue weighted by molar-refractivity contribution is -0.126. The van der Waals surface area contributed by atoms with Crippen molar-refractivity contribution in [1.29, 1.82) is 0 Å². The normalized spacial score (nSPS) is 34.5. The van der Waals surface area contributed by atoms with Crippen LogP contribution in [0.25, 0.3) is 0 Å². The van der Waals surface area contributed by atoms with Crippen molar-refractivity contribution >= 4 is 5.91 Å². The first-order valence-electron chi connectivity index (χ1n) is 7.70. The van der Waals surface area contributed by atoms with Gasteiger partial charge in [-0.1, -0.05) is 6.42 Å². The van der Waals surface area contributed by atoms with E-state index in [2.05, 4.69) is 10.4 Å². The minimum atomic E-state index is -0.249. The first-order valence-corrected chi connectivity index (χ1v) is 7.70. The summed E-state index contributed by atoms with van der Waals surface area (Å²) in [6, 6.07) is 2.23. The molecule has 0 saturated heterocycles. The van der Waals surface area contributed by atoms with Gasteiger partial charge < -0.3 is 11.1 Å². The van der Waals surface area contributed by atoms with E-state index in [1.807, 2.05) is 19.2 Å². The van der Waals surface area contributed by atoms with Crippen molar-refractivity contribution in [3.8, 4) is 0 Å². The Morgan fingerprint density at radius 2 is 2.10 bits per heavy atom. The van der Waals surface area contributed by atoms with Crippen LogP contribution in [0.5, 0.6) is 0 Å². The van der Waals surface area contributed by atoms with E-state index in [1.165, 1.54) is 19.3 Å². The highest BCUT2D eigenvalue weighted by Gasteiger charge is 2.40. The van der Waals surface area contributed by atoms with Crippen molar-refractivity contribution in [2.24, 2.45) is 17.6 Å². The van der Waals surface area contributed by atoms with Gasteiger partial charge in [0.1, 0.15) is 6.04 Å². The van der Waals surface area contributed by atoms with Gasteiger partial charge in [-0.15, -0.1) is 0 Å². The van der Waals surface area contributed by atoms with Crippen LogP contribution in [-0.2, 0) is 4.79 Å². The quantitative estimate of drug-likeness (QED) is 0.878. The summed E-state index contributed by atoms with van der Waals surface area (Å²) in [5.74, 6) is 1.20. The van der Waals surface area contributed by atoms with Gasteiger partial charge >= 0.3 is 0 Å². The molecule has 0 aliphatic heterocycles. The smallest absolute Gasteiger partial charge is 0.244 e. The van der Waals surface area contributed by atoms with Gasteiger partial charge in [0.05, 0.1) is 0 Å². The maximum absolute atomic E-state index is 12.4. The van der Waals surface area contributed by atoms with Crippen LogP contribution in [0.4, 0.5) is 0 Å². The fraction of sp³-hybridized carbons (Fsp3) is 0.733. The number of carbonyl (C=O) groups is 1. The molecule has 1 aromatic rings. The van der Waals surface area contributed by atoms with Crippen molar-refractivity contribution in [3.05, 3.63) is 18.5 Å². The number of rotatable bonds is 3. The van der Waals surface area contributed by atoms with E-state index in [0.717, 1.165) is 12.8 Å². The highest BCUT2D eigenvalue weighted by Crippen LogP contribution is 2.39. The van der Waals surface area contributed by atoms with E-state index in [1.54, 1.807) is 10.9 Å². The SMILES string of the molecule is CC(C(=O)NC1C2CCCC1CC(N)C2)n1cccn1. The molecule has 110 valence electrons. The second-order valence-electron chi connectivity index (χ2n) is 6.38. The van der Waals surface area contributed by atoms with Gasteiger partial charge in [0, 0.05) is 24.5 Å². The van der Waals surface area contributed by atoms with Gasteiger partial charge in [0.15, 0.2) is 0 Å². The zero-order chi connectivity index (χ0) is 14.1. The average Bonchev–Trinajstić information content (AvgIpc) is 2.92. The maximum atomic E-state index is 12.4. The number of nitrogens with two attached hydrogens (primary N) is 1. The first-order chi connectivity index (χ1) is 9.65. The van der Waals surface area contributed by atoms with Crippen LogP contribution in [0.2, 0.25) is 0 Å². The predicted molar refractivity (Wildman–Crippen MR) is 76.9 cm³/mol. The fourth-order valence-corrected chi connectivity index (χ4v) is 3.94. The summed E-state index contributed by atoms with van der Waals surface area (Å²) in [5.41, 5.74) is 6.13. The van der Waals surface area contributed by atoms with Gasteiger partial charge in [0.2, 0.25) is 5.91 Å². The molecule has 2 saturated carbocycles. The molecule has 0 aromatic carbocycles. The molecular weight excluding hydrogens is 252 g/mol. The average molecular weight is 276 g/mol. The van der Waals surface area contributed by atoms with Crippen molar-refractivity contribution in [3.63, 3.8) is 0 Å². The molecule has 2 aliphatic rings. The van der Waals surface area contributed by atoms with E-state index in [4.69, 9.17) is 5.73 Å². The third-order valence-corrected chi connectivity index (χ3v) is 4.99. The lowest BCUT2D eigenvalue weighted by Gasteiger charge is -2.45. The molecule has 3 rings (SSSR count). The van der Waals surface area contributed by atoms with Gasteiger partial charge in [0.25, 0.3) is 0 Å². The number of fused-ring (bicyclic) bond motifs is 2. The Kier molecular flexibility index (Phi) is 3.78. The Morgan fingerprint density at radius 3 is 2.70 bits per heavy atom. The van der Waals surface area contributed by atoms with Gasteiger partial charge in [-0.3, -0.25) is 9.48 Å². The summed E-state index contributed by atoms with van der Waals surface area (Å²) < 4.78 is 1.71. The monoisotopic (exact) mass is 276 g/mol. The van der Waals surface area contributed by atoms with Crippen molar-refractivity contribution in [2.75, 3.05) is 0 Å². The summed E-state index contributed by atoms with van der Waals surface area (Å²) >= 11 is 0. The van der Waals surface area contributed by atoms with Crippen LogP contribution in [0.1, 0.15) is 45.1 Å². The summed E-state index contributed by atoms with van der Waals surface area (Å²) in [6.45, 7) is 1.90. The fourth-order valence-electron chi connectivity index (χ4n) is 3.94. The standard InChI is InChI=1S/C15H24N4O/c1-10(19-7-3-6-17-19)15(20)18-14-11-4-2-5-12(14)9-13(16)8-11/h3,6-7,10-14H,2,4-5,8-9,16H2,1H3,(H,18,20). The number of nitrogens with one attached hydrogen (secondary N) is 1. The highest BCUT2D eigenvalue weighted by atomic mass is 16.2. The zero-order valence-corrected chi connectivity index (χ0v) is 12.0. The molecule has 2 bridgehead atoms. The third kappa shape index (κ3) is 2.59. The Bertz CT molecular complexity index is 444. The topological polar surface area (TPSA) is 72.9 Å².